The third kappa shape index (κ3) is 3.91. The highest BCUT2D eigenvalue weighted by Gasteiger charge is 2.21. The fourth-order valence-electron chi connectivity index (χ4n) is 2.04. The molecule has 0 saturated heterocycles. The van der Waals surface area contributed by atoms with Crippen LogP contribution in [0.4, 0.5) is 5.82 Å². The van der Waals surface area contributed by atoms with E-state index in [1.165, 1.54) is 6.33 Å². The molecular weight excluding hydrogens is 284 g/mol. The van der Waals surface area contributed by atoms with E-state index in [4.69, 9.17) is 16.2 Å². The summed E-state index contributed by atoms with van der Waals surface area (Å²) in [5, 5.41) is 0. The number of nitrogen functional groups attached to an aromatic ring is 1. The average molecular weight is 306 g/mol. The number of rotatable bonds is 5. The molecule has 0 saturated carbocycles. The Morgan fingerprint density at radius 3 is 2.77 bits per heavy atom. The lowest BCUT2D eigenvalue weighted by molar-refractivity contribution is -0.156. The number of aromatic nitrogens is 4. The van der Waals surface area contributed by atoms with Gasteiger partial charge in [0, 0.05) is 6.54 Å². The van der Waals surface area contributed by atoms with E-state index in [2.05, 4.69) is 15.0 Å². The molecule has 0 fully saturated rings. The molecule has 1 unspecified atom stereocenters. The van der Waals surface area contributed by atoms with Crippen molar-refractivity contribution >= 4 is 23.0 Å². The van der Waals surface area contributed by atoms with Crippen LogP contribution in [0.25, 0.3) is 11.2 Å². The van der Waals surface area contributed by atoms with E-state index < -0.39 is 11.6 Å². The molecule has 0 aliphatic heterocycles. The highest BCUT2D eigenvalue weighted by Crippen LogP contribution is 2.15. The number of aryl methyl sites for hydroxylation is 1. The number of nitrogens with two attached hydrogens (primary N) is 2. The number of fused-ring (bicyclic) bond motifs is 1. The minimum atomic E-state index is -0.631. The molecule has 8 nitrogen and oxygen atoms in total. The molecule has 2 rings (SSSR count). The van der Waals surface area contributed by atoms with E-state index in [-0.39, 0.29) is 5.97 Å². The van der Waals surface area contributed by atoms with Gasteiger partial charge in [0.05, 0.1) is 6.33 Å². The first-order valence-electron chi connectivity index (χ1n) is 7.17. The van der Waals surface area contributed by atoms with Gasteiger partial charge in [-0.15, -0.1) is 0 Å². The molecule has 0 aromatic carbocycles. The first kappa shape index (κ1) is 16.2. The lowest BCUT2D eigenvalue weighted by atomic mass is 10.1. The Morgan fingerprint density at radius 2 is 2.09 bits per heavy atom. The number of hydrogen-bond acceptors (Lipinski definition) is 7. The third-order valence-corrected chi connectivity index (χ3v) is 3.05. The molecule has 0 aliphatic rings. The first-order chi connectivity index (χ1) is 10.3. The number of carbonyl (C=O) groups is 1. The van der Waals surface area contributed by atoms with Crippen LogP contribution in [0.3, 0.4) is 0 Å². The second-order valence-corrected chi connectivity index (χ2v) is 6.15. The summed E-state index contributed by atoms with van der Waals surface area (Å²) in [7, 11) is 0. The summed E-state index contributed by atoms with van der Waals surface area (Å²) >= 11 is 0. The summed E-state index contributed by atoms with van der Waals surface area (Å²) in [5.41, 5.74) is 12.3. The molecule has 8 heteroatoms. The van der Waals surface area contributed by atoms with Crippen LogP contribution in [0.15, 0.2) is 12.7 Å². The molecule has 4 N–H and O–H groups in total. The van der Waals surface area contributed by atoms with Crippen molar-refractivity contribution in [3.05, 3.63) is 12.7 Å². The largest absolute Gasteiger partial charge is 0.459 e. The van der Waals surface area contributed by atoms with Crippen molar-refractivity contribution < 1.29 is 9.53 Å². The fraction of sp³-hybridized carbons (Fsp3) is 0.571. The molecule has 0 bridgehead atoms. The van der Waals surface area contributed by atoms with E-state index in [1.807, 2.05) is 25.3 Å². The second-order valence-electron chi connectivity index (χ2n) is 6.15. The van der Waals surface area contributed by atoms with Crippen LogP contribution in [0.5, 0.6) is 0 Å². The maximum absolute atomic E-state index is 11.8. The maximum atomic E-state index is 11.8. The molecular formula is C14H22N6O2. The van der Waals surface area contributed by atoms with Gasteiger partial charge in [-0.2, -0.15) is 0 Å². The summed E-state index contributed by atoms with van der Waals surface area (Å²) in [6.45, 7) is 6.10. The van der Waals surface area contributed by atoms with Crippen molar-refractivity contribution in [1.29, 1.82) is 0 Å². The highest BCUT2D eigenvalue weighted by molar-refractivity contribution is 5.81. The van der Waals surface area contributed by atoms with E-state index in [9.17, 15) is 4.79 Å². The number of nitrogens with zero attached hydrogens (tertiary/aromatic N) is 4. The predicted octanol–water partition coefficient (Wildman–Crippen LogP) is 0.858. The summed E-state index contributed by atoms with van der Waals surface area (Å²) in [4.78, 5) is 24.1. The Labute approximate surface area is 128 Å². The van der Waals surface area contributed by atoms with Gasteiger partial charge >= 0.3 is 5.97 Å². The van der Waals surface area contributed by atoms with Crippen LogP contribution >= 0.6 is 0 Å². The minimum absolute atomic E-state index is 0.356. The van der Waals surface area contributed by atoms with Crippen LogP contribution in [-0.4, -0.2) is 37.1 Å². The normalized spacial score (nSPS) is 13.3. The van der Waals surface area contributed by atoms with Crippen LogP contribution in [0.1, 0.15) is 33.6 Å². The molecule has 0 aliphatic carbocycles. The lowest BCUT2D eigenvalue weighted by Gasteiger charge is -2.22. The van der Waals surface area contributed by atoms with Crippen LogP contribution in [0.2, 0.25) is 0 Å². The standard InChI is InChI=1S/C14H22N6O2/c1-14(2,3)22-13(21)9(15)5-4-6-20-8-19-10-11(16)17-7-18-12(10)20/h7-9H,4-6,15H2,1-3H3,(H2,16,17,18). The Bertz CT molecular complexity index is 661. The minimum Gasteiger partial charge on any atom is -0.459 e. The van der Waals surface area contributed by atoms with Crippen molar-refractivity contribution in [1.82, 2.24) is 19.5 Å². The smallest absolute Gasteiger partial charge is 0.323 e. The Hall–Kier alpha value is -2.22. The van der Waals surface area contributed by atoms with Gasteiger partial charge < -0.3 is 20.8 Å². The van der Waals surface area contributed by atoms with E-state index in [0.29, 0.717) is 36.4 Å². The SMILES string of the molecule is CC(C)(C)OC(=O)C(N)CCCn1cnc2c(N)ncnc21. The number of hydrogen-bond donors (Lipinski definition) is 2. The Balaban J connectivity index is 1.90. The number of imidazole rings is 1. The van der Waals surface area contributed by atoms with Crippen molar-refractivity contribution in [2.24, 2.45) is 5.73 Å². The average Bonchev–Trinajstić information content (AvgIpc) is 2.81. The Morgan fingerprint density at radius 1 is 1.36 bits per heavy atom. The van der Waals surface area contributed by atoms with Gasteiger partial charge in [-0.05, 0) is 33.6 Å². The van der Waals surface area contributed by atoms with E-state index >= 15 is 0 Å². The second kappa shape index (κ2) is 6.27. The Kier molecular flexibility index (Phi) is 4.60. The molecule has 2 heterocycles. The quantitative estimate of drug-likeness (QED) is 0.785. The molecule has 2 aromatic heterocycles. The fourth-order valence-corrected chi connectivity index (χ4v) is 2.04. The zero-order valence-electron chi connectivity index (χ0n) is 13.1. The van der Waals surface area contributed by atoms with Gasteiger partial charge in [0.25, 0.3) is 0 Å². The zero-order valence-corrected chi connectivity index (χ0v) is 13.1. The molecule has 1 atom stereocenters. The third-order valence-electron chi connectivity index (χ3n) is 3.05. The number of ether oxygens (including phenoxy) is 1. The number of anilines is 1. The maximum Gasteiger partial charge on any atom is 0.323 e. The van der Waals surface area contributed by atoms with Crippen LogP contribution in [-0.2, 0) is 16.1 Å². The molecule has 0 radical (unpaired) electrons. The van der Waals surface area contributed by atoms with Crippen LogP contribution in [0, 0.1) is 0 Å². The lowest BCUT2D eigenvalue weighted by Crippen LogP contribution is -2.37. The molecule has 22 heavy (non-hydrogen) atoms. The first-order valence-corrected chi connectivity index (χ1v) is 7.17. The van der Waals surface area contributed by atoms with Gasteiger partial charge in [0.1, 0.15) is 23.5 Å². The van der Waals surface area contributed by atoms with E-state index in [0.717, 1.165) is 0 Å². The van der Waals surface area contributed by atoms with Crippen LogP contribution < -0.4 is 11.5 Å². The van der Waals surface area contributed by atoms with Gasteiger partial charge in [-0.1, -0.05) is 0 Å². The van der Waals surface area contributed by atoms with Gasteiger partial charge in [0.2, 0.25) is 0 Å². The van der Waals surface area contributed by atoms with Gasteiger partial charge in [-0.25, -0.2) is 15.0 Å². The molecule has 2 aromatic rings. The summed E-state index contributed by atoms with van der Waals surface area (Å²) in [6.07, 6.45) is 4.29. The molecule has 0 amide bonds. The van der Waals surface area contributed by atoms with Crippen molar-refractivity contribution in [2.45, 2.75) is 51.8 Å². The number of esters is 1. The summed E-state index contributed by atoms with van der Waals surface area (Å²) < 4.78 is 7.12. The monoisotopic (exact) mass is 306 g/mol. The highest BCUT2D eigenvalue weighted by atomic mass is 16.6. The van der Waals surface area contributed by atoms with Crippen molar-refractivity contribution in [2.75, 3.05) is 5.73 Å². The molecule has 120 valence electrons. The summed E-state index contributed by atoms with van der Waals surface area (Å²) in [5.74, 6) is -0.0243. The number of carbonyl (C=O) groups excluding carboxylic acids is 1. The summed E-state index contributed by atoms with van der Waals surface area (Å²) in [6, 6.07) is -0.631. The zero-order chi connectivity index (χ0) is 16.3. The topological polar surface area (TPSA) is 122 Å². The van der Waals surface area contributed by atoms with Crippen molar-refractivity contribution in [3.8, 4) is 0 Å². The van der Waals surface area contributed by atoms with Crippen molar-refractivity contribution in [3.63, 3.8) is 0 Å². The van der Waals surface area contributed by atoms with Gasteiger partial charge in [-0.3, -0.25) is 4.79 Å². The predicted molar refractivity (Wildman–Crippen MR) is 82.8 cm³/mol. The molecule has 0 spiro atoms. The van der Waals surface area contributed by atoms with E-state index in [1.54, 1.807) is 6.33 Å². The van der Waals surface area contributed by atoms with Gasteiger partial charge in [0.15, 0.2) is 11.5 Å².